The zero-order valence-corrected chi connectivity index (χ0v) is 17.2. The molecule has 3 aromatic carbocycles. The van der Waals surface area contributed by atoms with Crippen molar-refractivity contribution in [1.82, 2.24) is 0 Å². The summed E-state index contributed by atoms with van der Waals surface area (Å²) in [6.07, 6.45) is 0.970. The van der Waals surface area contributed by atoms with E-state index in [1.54, 1.807) is 6.07 Å². The van der Waals surface area contributed by atoms with Crippen LogP contribution < -0.4 is 14.8 Å². The molecule has 1 amide bonds. The summed E-state index contributed by atoms with van der Waals surface area (Å²) >= 11 is 0. The lowest BCUT2D eigenvalue weighted by Crippen LogP contribution is -2.13. The van der Waals surface area contributed by atoms with E-state index in [4.69, 9.17) is 9.47 Å². The highest BCUT2D eigenvalue weighted by molar-refractivity contribution is 6.04. The van der Waals surface area contributed by atoms with E-state index in [2.05, 4.69) is 12.2 Å². The van der Waals surface area contributed by atoms with Gasteiger partial charge in [0.1, 0.15) is 18.1 Å². The predicted molar refractivity (Wildman–Crippen MR) is 117 cm³/mol. The maximum absolute atomic E-state index is 12.7. The number of amides is 1. The van der Waals surface area contributed by atoms with Crippen molar-refractivity contribution < 1.29 is 14.3 Å². The first-order chi connectivity index (χ1) is 14.1. The first-order valence-corrected chi connectivity index (χ1v) is 9.94. The highest BCUT2D eigenvalue weighted by Crippen LogP contribution is 2.24. The highest BCUT2D eigenvalue weighted by Gasteiger charge is 2.12. The van der Waals surface area contributed by atoms with Gasteiger partial charge in [-0.2, -0.15) is 0 Å². The van der Waals surface area contributed by atoms with Gasteiger partial charge in [0.15, 0.2) is 0 Å². The molecule has 0 atom stereocenters. The van der Waals surface area contributed by atoms with E-state index in [1.165, 1.54) is 11.1 Å². The molecule has 1 N–H and O–H groups in total. The Morgan fingerprint density at radius 1 is 0.897 bits per heavy atom. The van der Waals surface area contributed by atoms with Crippen LogP contribution in [0.4, 0.5) is 5.69 Å². The summed E-state index contributed by atoms with van der Waals surface area (Å²) in [7, 11) is 0. The first kappa shape index (κ1) is 20.5. The second kappa shape index (κ2) is 9.78. The van der Waals surface area contributed by atoms with Crippen molar-refractivity contribution in [1.29, 1.82) is 0 Å². The van der Waals surface area contributed by atoms with Crippen LogP contribution in [-0.2, 0) is 13.0 Å². The molecule has 0 radical (unpaired) electrons. The largest absolute Gasteiger partial charge is 0.493 e. The molecule has 150 valence electrons. The molecule has 4 nitrogen and oxygen atoms in total. The number of rotatable bonds is 8. The summed E-state index contributed by atoms with van der Waals surface area (Å²) < 4.78 is 11.6. The lowest BCUT2D eigenvalue weighted by Gasteiger charge is -2.14. The molecule has 0 saturated heterocycles. The van der Waals surface area contributed by atoms with Crippen LogP contribution in [0.1, 0.15) is 40.9 Å². The van der Waals surface area contributed by atoms with Crippen LogP contribution in [0.25, 0.3) is 0 Å². The molecule has 0 fully saturated rings. The van der Waals surface area contributed by atoms with Crippen molar-refractivity contribution in [2.24, 2.45) is 0 Å². The van der Waals surface area contributed by atoms with Crippen molar-refractivity contribution in [2.75, 3.05) is 11.9 Å². The number of ether oxygens (including phenoxy) is 2. The van der Waals surface area contributed by atoms with Gasteiger partial charge >= 0.3 is 0 Å². The number of aryl methyl sites for hydroxylation is 2. The van der Waals surface area contributed by atoms with E-state index in [9.17, 15) is 4.79 Å². The van der Waals surface area contributed by atoms with Crippen molar-refractivity contribution >= 4 is 11.6 Å². The summed E-state index contributed by atoms with van der Waals surface area (Å²) in [6.45, 7) is 6.95. The molecule has 0 spiro atoms. The van der Waals surface area contributed by atoms with Gasteiger partial charge in [0, 0.05) is 16.8 Å². The third-order valence-electron chi connectivity index (χ3n) is 4.66. The van der Waals surface area contributed by atoms with E-state index >= 15 is 0 Å². The fourth-order valence-electron chi connectivity index (χ4n) is 2.95. The molecule has 0 unspecified atom stereocenters. The molecule has 0 aliphatic carbocycles. The van der Waals surface area contributed by atoms with Crippen LogP contribution in [-0.4, -0.2) is 12.5 Å². The molecule has 3 rings (SSSR count). The molecule has 0 saturated carbocycles. The van der Waals surface area contributed by atoms with Gasteiger partial charge in [-0.05, 0) is 68.3 Å². The first-order valence-electron chi connectivity index (χ1n) is 9.94. The van der Waals surface area contributed by atoms with Crippen LogP contribution in [0.2, 0.25) is 0 Å². The maximum Gasteiger partial charge on any atom is 0.255 e. The van der Waals surface area contributed by atoms with E-state index in [0.29, 0.717) is 18.8 Å². The summed E-state index contributed by atoms with van der Waals surface area (Å²) in [5.41, 5.74) is 4.59. The molecular weight excluding hydrogens is 362 g/mol. The molecule has 3 aromatic rings. The molecule has 0 heterocycles. The number of anilines is 1. The quantitative estimate of drug-likeness (QED) is 0.531. The average Bonchev–Trinajstić information content (AvgIpc) is 2.75. The molecule has 29 heavy (non-hydrogen) atoms. The second-order valence-electron chi connectivity index (χ2n) is 6.86. The van der Waals surface area contributed by atoms with Gasteiger partial charge in [0.25, 0.3) is 5.91 Å². The molecule has 0 aliphatic heterocycles. The Bertz CT molecular complexity index is 947. The van der Waals surface area contributed by atoms with E-state index in [-0.39, 0.29) is 5.91 Å². The monoisotopic (exact) mass is 389 g/mol. The normalized spacial score (nSPS) is 10.4. The van der Waals surface area contributed by atoms with E-state index < -0.39 is 0 Å². The third kappa shape index (κ3) is 5.61. The fourth-order valence-corrected chi connectivity index (χ4v) is 2.95. The van der Waals surface area contributed by atoms with Crippen LogP contribution in [0, 0.1) is 6.92 Å². The number of benzene rings is 3. The molecule has 4 heteroatoms. The predicted octanol–water partition coefficient (Wildman–Crippen LogP) is 5.79. The minimum Gasteiger partial charge on any atom is -0.493 e. The van der Waals surface area contributed by atoms with Gasteiger partial charge in [-0.15, -0.1) is 0 Å². The van der Waals surface area contributed by atoms with Crippen molar-refractivity contribution in [2.45, 2.75) is 33.8 Å². The Morgan fingerprint density at radius 3 is 2.28 bits per heavy atom. The van der Waals surface area contributed by atoms with Crippen LogP contribution >= 0.6 is 0 Å². The van der Waals surface area contributed by atoms with Crippen molar-refractivity contribution in [3.05, 3.63) is 89.0 Å². The minimum atomic E-state index is -0.158. The summed E-state index contributed by atoms with van der Waals surface area (Å²) in [4.78, 5) is 12.7. The molecule has 0 aliphatic rings. The van der Waals surface area contributed by atoms with Crippen molar-refractivity contribution in [3.8, 4) is 11.5 Å². The lowest BCUT2D eigenvalue weighted by atomic mass is 10.1. The number of hydrogen-bond acceptors (Lipinski definition) is 3. The number of nitrogens with one attached hydrogen (secondary N) is 1. The zero-order valence-electron chi connectivity index (χ0n) is 17.2. The van der Waals surface area contributed by atoms with Gasteiger partial charge in [0.05, 0.1) is 6.61 Å². The van der Waals surface area contributed by atoms with Crippen LogP contribution in [0.3, 0.4) is 0 Å². The fraction of sp³-hybridized carbons (Fsp3) is 0.240. The summed E-state index contributed by atoms with van der Waals surface area (Å²) in [6, 6.07) is 21.2. The van der Waals surface area contributed by atoms with E-state index in [0.717, 1.165) is 29.2 Å². The minimum absolute atomic E-state index is 0.158. The zero-order chi connectivity index (χ0) is 20.6. The smallest absolute Gasteiger partial charge is 0.255 e. The van der Waals surface area contributed by atoms with Crippen LogP contribution in [0.5, 0.6) is 11.5 Å². The summed E-state index contributed by atoms with van der Waals surface area (Å²) in [5.74, 6) is 1.35. The SMILES string of the molecule is CCOc1ccc(C(=O)Nc2ccc(CC)cc2)cc1COc1ccc(C)cc1. The lowest BCUT2D eigenvalue weighted by molar-refractivity contribution is 0.102. The molecule has 0 bridgehead atoms. The third-order valence-corrected chi connectivity index (χ3v) is 4.66. The Balaban J connectivity index is 1.75. The number of hydrogen-bond donors (Lipinski definition) is 1. The summed E-state index contributed by atoms with van der Waals surface area (Å²) in [5, 5.41) is 2.95. The van der Waals surface area contributed by atoms with Crippen molar-refractivity contribution in [3.63, 3.8) is 0 Å². The Kier molecular flexibility index (Phi) is 6.90. The van der Waals surface area contributed by atoms with Gasteiger partial charge in [-0.3, -0.25) is 4.79 Å². The average molecular weight is 389 g/mol. The van der Waals surface area contributed by atoms with Crippen LogP contribution in [0.15, 0.2) is 66.7 Å². The maximum atomic E-state index is 12.7. The van der Waals surface area contributed by atoms with Gasteiger partial charge in [-0.25, -0.2) is 0 Å². The topological polar surface area (TPSA) is 47.6 Å². The number of carbonyl (C=O) groups excluding carboxylic acids is 1. The van der Waals surface area contributed by atoms with Gasteiger partial charge < -0.3 is 14.8 Å². The molecule has 0 aromatic heterocycles. The number of carbonyl (C=O) groups is 1. The Labute approximate surface area is 172 Å². The van der Waals surface area contributed by atoms with E-state index in [1.807, 2.05) is 74.5 Å². The highest BCUT2D eigenvalue weighted by atomic mass is 16.5. The molecular formula is C25H27NO3. The van der Waals surface area contributed by atoms with Gasteiger partial charge in [-0.1, -0.05) is 36.8 Å². The van der Waals surface area contributed by atoms with Gasteiger partial charge in [0.2, 0.25) is 0 Å². The Hall–Kier alpha value is -3.27. The Morgan fingerprint density at radius 2 is 1.62 bits per heavy atom. The standard InChI is InChI=1S/C25H27NO3/c1-4-19-8-11-22(12-9-19)26-25(27)20-10-15-24(28-5-2)21(16-20)17-29-23-13-6-18(3)7-14-23/h6-16H,4-5,17H2,1-3H3,(H,26,27). The second-order valence-corrected chi connectivity index (χ2v) is 6.86.